The van der Waals surface area contributed by atoms with Crippen molar-refractivity contribution in [2.45, 2.75) is 19.9 Å². The summed E-state index contributed by atoms with van der Waals surface area (Å²) in [5, 5.41) is 0. The van der Waals surface area contributed by atoms with Crippen molar-refractivity contribution < 1.29 is 8.78 Å². The van der Waals surface area contributed by atoms with Gasteiger partial charge in [-0.1, -0.05) is 6.92 Å². The van der Waals surface area contributed by atoms with E-state index in [1.165, 1.54) is 6.07 Å². The van der Waals surface area contributed by atoms with Crippen LogP contribution in [0, 0.1) is 17.6 Å². The number of nitrogens with zero attached hydrogens (tertiary/aromatic N) is 2. The third kappa shape index (κ3) is 3.26. The second-order valence-corrected chi connectivity index (χ2v) is 6.18. The first-order chi connectivity index (χ1) is 9.56. The normalized spacial score (nSPS) is 13.1. The molecule has 0 N–H and O–H groups in total. The summed E-state index contributed by atoms with van der Waals surface area (Å²) in [5.74, 6) is 1.30. The van der Waals surface area contributed by atoms with Gasteiger partial charge in [0, 0.05) is 24.9 Å². The number of aryl methyl sites for hydroxylation is 1. The fraction of sp³-hybridized carbons (Fsp3) is 0.500. The minimum atomic E-state index is -0.618. The van der Waals surface area contributed by atoms with Crippen LogP contribution in [0.15, 0.2) is 12.1 Å². The van der Waals surface area contributed by atoms with Gasteiger partial charge in [0.1, 0.15) is 17.2 Å². The summed E-state index contributed by atoms with van der Waals surface area (Å²) < 4.78 is 29.2. The maximum absolute atomic E-state index is 13.8. The van der Waals surface area contributed by atoms with E-state index >= 15 is 0 Å². The molecule has 1 unspecified atom stereocenters. The van der Waals surface area contributed by atoms with Crippen LogP contribution in [0.3, 0.4) is 0 Å². The van der Waals surface area contributed by atoms with Gasteiger partial charge in [-0.15, -0.1) is 11.6 Å². The highest BCUT2D eigenvalue weighted by atomic mass is 35.5. The Morgan fingerprint density at radius 1 is 1.40 bits per heavy atom. The third-order valence-electron chi connectivity index (χ3n) is 3.11. The Hall–Kier alpha value is -0.810. The zero-order valence-electron chi connectivity index (χ0n) is 11.5. The molecular formula is C14H17ClF2N2S. The molecule has 6 heteroatoms. The number of thioether (sulfide) groups is 1. The predicted molar refractivity (Wildman–Crippen MR) is 81.6 cm³/mol. The Labute approximate surface area is 126 Å². The van der Waals surface area contributed by atoms with Gasteiger partial charge in [0.2, 0.25) is 0 Å². The average Bonchev–Trinajstić information content (AvgIpc) is 2.69. The lowest BCUT2D eigenvalue weighted by atomic mass is 10.2. The topological polar surface area (TPSA) is 17.8 Å². The predicted octanol–water partition coefficient (Wildman–Crippen LogP) is 4.09. The van der Waals surface area contributed by atoms with Crippen LogP contribution in [0.4, 0.5) is 8.78 Å². The number of hydrogen-bond donors (Lipinski definition) is 0. The van der Waals surface area contributed by atoms with E-state index in [0.29, 0.717) is 36.1 Å². The van der Waals surface area contributed by atoms with Gasteiger partial charge >= 0.3 is 0 Å². The van der Waals surface area contributed by atoms with Gasteiger partial charge in [-0.3, -0.25) is 0 Å². The highest BCUT2D eigenvalue weighted by Gasteiger charge is 2.16. The van der Waals surface area contributed by atoms with Crippen LogP contribution in [0.25, 0.3) is 11.0 Å². The zero-order chi connectivity index (χ0) is 14.7. The summed E-state index contributed by atoms with van der Waals surface area (Å²) in [7, 11) is 0. The summed E-state index contributed by atoms with van der Waals surface area (Å²) in [6.07, 6.45) is 2.59. The lowest BCUT2D eigenvalue weighted by molar-refractivity contribution is 0.525. The van der Waals surface area contributed by atoms with Crippen molar-refractivity contribution in [1.29, 1.82) is 0 Å². The first-order valence-electron chi connectivity index (χ1n) is 6.45. The summed E-state index contributed by atoms with van der Waals surface area (Å²) in [6, 6.07) is 2.21. The highest BCUT2D eigenvalue weighted by Crippen LogP contribution is 2.23. The number of rotatable bonds is 6. The molecule has 0 aliphatic heterocycles. The molecule has 1 aromatic heterocycles. The summed E-state index contributed by atoms with van der Waals surface area (Å²) in [6.45, 7) is 2.80. The number of hydrogen-bond acceptors (Lipinski definition) is 2. The van der Waals surface area contributed by atoms with Gasteiger partial charge in [0.05, 0.1) is 5.52 Å². The molecule has 0 amide bonds. The lowest BCUT2D eigenvalue weighted by Crippen LogP contribution is -2.13. The van der Waals surface area contributed by atoms with Gasteiger partial charge in [-0.2, -0.15) is 11.8 Å². The Balaban J connectivity index is 2.50. The number of benzene rings is 1. The third-order valence-corrected chi connectivity index (χ3v) is 4.21. The van der Waals surface area contributed by atoms with E-state index in [1.807, 2.05) is 10.8 Å². The van der Waals surface area contributed by atoms with Gasteiger partial charge in [-0.25, -0.2) is 13.8 Å². The van der Waals surface area contributed by atoms with E-state index in [-0.39, 0.29) is 5.52 Å². The van der Waals surface area contributed by atoms with E-state index in [4.69, 9.17) is 11.6 Å². The van der Waals surface area contributed by atoms with Crippen LogP contribution in [0.1, 0.15) is 12.7 Å². The number of imidazole rings is 1. The lowest BCUT2D eigenvalue weighted by Gasteiger charge is -2.14. The molecule has 110 valence electrons. The molecule has 2 aromatic rings. The van der Waals surface area contributed by atoms with Crippen LogP contribution in [0.5, 0.6) is 0 Å². The second-order valence-electron chi connectivity index (χ2n) is 4.89. The molecule has 0 saturated carbocycles. The smallest absolute Gasteiger partial charge is 0.153 e. The van der Waals surface area contributed by atoms with Crippen molar-refractivity contribution >= 4 is 34.4 Å². The molecule has 0 aliphatic carbocycles. The van der Waals surface area contributed by atoms with Crippen molar-refractivity contribution in [3.63, 3.8) is 0 Å². The fourth-order valence-corrected chi connectivity index (χ4v) is 3.17. The first-order valence-corrected chi connectivity index (χ1v) is 8.38. The minimum absolute atomic E-state index is 0.225. The van der Waals surface area contributed by atoms with Crippen LogP contribution >= 0.6 is 23.4 Å². The Morgan fingerprint density at radius 3 is 2.80 bits per heavy atom. The molecule has 0 saturated heterocycles. The van der Waals surface area contributed by atoms with Crippen molar-refractivity contribution in [2.75, 3.05) is 17.9 Å². The summed E-state index contributed by atoms with van der Waals surface area (Å²) in [4.78, 5) is 4.29. The Kier molecular flexibility index (Phi) is 5.27. The molecule has 0 aliphatic rings. The standard InChI is InChI=1S/C14H17ClF2N2S/c1-9(8-20-2)7-19-12-6-10(16)5-11(17)14(12)18-13(19)3-4-15/h5-6,9H,3-4,7-8H2,1-2H3. The highest BCUT2D eigenvalue weighted by molar-refractivity contribution is 7.98. The first kappa shape index (κ1) is 15.6. The number of fused-ring (bicyclic) bond motifs is 1. The molecule has 2 rings (SSSR count). The van der Waals surface area contributed by atoms with Crippen LogP contribution in [-0.4, -0.2) is 27.4 Å². The van der Waals surface area contributed by atoms with Crippen molar-refractivity contribution in [3.05, 3.63) is 29.6 Å². The SMILES string of the molecule is CSCC(C)Cn1c(CCCl)nc2c(F)cc(F)cc21. The number of alkyl halides is 1. The van der Waals surface area contributed by atoms with Gasteiger partial charge in [-0.05, 0) is 24.0 Å². The summed E-state index contributed by atoms with van der Waals surface area (Å²) in [5.41, 5.74) is 0.735. The monoisotopic (exact) mass is 318 g/mol. The molecular weight excluding hydrogens is 302 g/mol. The van der Waals surface area contributed by atoms with Crippen LogP contribution in [0.2, 0.25) is 0 Å². The molecule has 1 heterocycles. The fourth-order valence-electron chi connectivity index (χ4n) is 2.33. The molecule has 1 atom stereocenters. The quantitative estimate of drug-likeness (QED) is 0.746. The number of halogens is 3. The largest absolute Gasteiger partial charge is 0.327 e. The second kappa shape index (κ2) is 6.76. The van der Waals surface area contributed by atoms with Crippen molar-refractivity contribution in [2.24, 2.45) is 5.92 Å². The van der Waals surface area contributed by atoms with Crippen molar-refractivity contribution in [1.82, 2.24) is 9.55 Å². The van der Waals surface area contributed by atoms with Crippen LogP contribution in [-0.2, 0) is 13.0 Å². The Bertz CT molecular complexity index is 600. The number of aromatic nitrogens is 2. The van der Waals surface area contributed by atoms with E-state index < -0.39 is 11.6 Å². The van der Waals surface area contributed by atoms with E-state index in [1.54, 1.807) is 11.8 Å². The zero-order valence-corrected chi connectivity index (χ0v) is 13.1. The molecule has 2 nitrogen and oxygen atoms in total. The molecule has 0 spiro atoms. The molecule has 0 bridgehead atoms. The molecule has 20 heavy (non-hydrogen) atoms. The van der Waals surface area contributed by atoms with E-state index in [9.17, 15) is 8.78 Å². The molecule has 1 aromatic carbocycles. The van der Waals surface area contributed by atoms with Crippen molar-refractivity contribution in [3.8, 4) is 0 Å². The minimum Gasteiger partial charge on any atom is -0.327 e. The maximum atomic E-state index is 13.8. The van der Waals surface area contributed by atoms with Crippen LogP contribution < -0.4 is 0 Å². The maximum Gasteiger partial charge on any atom is 0.153 e. The molecule has 0 fully saturated rings. The Morgan fingerprint density at radius 2 is 2.15 bits per heavy atom. The van der Waals surface area contributed by atoms with Gasteiger partial charge in [0.15, 0.2) is 5.82 Å². The van der Waals surface area contributed by atoms with Gasteiger partial charge in [0.25, 0.3) is 0 Å². The van der Waals surface area contributed by atoms with E-state index in [2.05, 4.69) is 11.9 Å². The summed E-state index contributed by atoms with van der Waals surface area (Å²) >= 11 is 7.53. The van der Waals surface area contributed by atoms with Gasteiger partial charge < -0.3 is 4.57 Å². The average molecular weight is 319 g/mol. The van der Waals surface area contributed by atoms with E-state index in [0.717, 1.165) is 11.8 Å². The molecule has 0 radical (unpaired) electrons.